The molecule has 0 fully saturated rings. The molecule has 1 aromatic rings. The Hall–Kier alpha value is -1.00. The Bertz CT molecular complexity index is 516. The number of carbonyl (C=O) groups is 2. The molecule has 0 saturated heterocycles. The highest BCUT2D eigenvalue weighted by atomic mass is 127. The van der Waals surface area contributed by atoms with Crippen LogP contribution in [0.15, 0.2) is 18.2 Å². The molecule has 0 aliphatic carbocycles. The maximum Gasteiger partial charge on any atom is 0.296 e. The smallest absolute Gasteiger partial charge is 0.296 e. The van der Waals surface area contributed by atoms with Gasteiger partial charge in [-0.3, -0.25) is 9.59 Å². The Morgan fingerprint density at radius 2 is 2.13 bits per heavy atom. The molecule has 0 spiro atoms. The number of halogens is 1. The number of fused-ring (bicyclic) bond motifs is 1. The summed E-state index contributed by atoms with van der Waals surface area (Å²) in [5.74, 6) is 1.80. The van der Waals surface area contributed by atoms with Gasteiger partial charge in [-0.05, 0) is 26.3 Å². The fraction of sp³-hybridized carbons (Fsp3) is 0. The molecule has 1 aliphatic heterocycles. The van der Waals surface area contributed by atoms with Crippen molar-refractivity contribution in [1.82, 2.24) is 0 Å². The van der Waals surface area contributed by atoms with Crippen LogP contribution in [-0.2, 0) is 4.79 Å². The molecule has 0 aromatic heterocycles. The predicted octanol–water partition coefficient (Wildman–Crippen LogP) is 2.21. The fourth-order valence-corrected chi connectivity index (χ4v) is 1.83. The van der Waals surface area contributed by atoms with Gasteiger partial charge in [-0.1, -0.05) is 12.0 Å². The zero-order valence-electron chi connectivity index (χ0n) is 7.33. The third kappa shape index (κ3) is 1.87. The van der Waals surface area contributed by atoms with E-state index in [1.165, 1.54) is 8.93 Å². The number of Topliss-reactive ketones (excluding diaryl/α,β-unsaturated/α-hetero) is 1. The summed E-state index contributed by atoms with van der Waals surface area (Å²) in [5.41, 5.74) is 1.62. The zero-order valence-corrected chi connectivity index (χ0v) is 10.3. The predicted molar refractivity (Wildman–Crippen MR) is 67.9 cm³/mol. The van der Waals surface area contributed by atoms with E-state index in [1.54, 1.807) is 18.2 Å². The van der Waals surface area contributed by atoms with Gasteiger partial charge in [0.05, 0.1) is 11.3 Å². The van der Waals surface area contributed by atoms with E-state index >= 15 is 0 Å². The van der Waals surface area contributed by atoms with Crippen molar-refractivity contribution in [3.8, 4) is 11.2 Å². The summed E-state index contributed by atoms with van der Waals surface area (Å²) in [5, 5.41) is 5.34. The monoisotopic (exact) mass is 329 g/mol. The Kier molecular flexibility index (Phi) is 2.98. The van der Waals surface area contributed by atoms with E-state index in [0.717, 1.165) is 0 Å². The number of para-hydroxylation sites is 1. The van der Waals surface area contributed by atoms with Crippen LogP contribution in [0.3, 0.4) is 0 Å². The molecule has 0 unspecified atom stereocenters. The summed E-state index contributed by atoms with van der Waals surface area (Å²) < 4.78 is 0. The molecule has 15 heavy (non-hydrogen) atoms. The number of benzene rings is 1. The number of anilines is 1. The first-order valence-corrected chi connectivity index (χ1v) is 7.37. The number of hydrogen-bond acceptors (Lipinski definition) is 3. The Morgan fingerprint density at radius 3 is 2.87 bits per heavy atom. The van der Waals surface area contributed by atoms with Crippen molar-refractivity contribution >= 4 is 47.5 Å². The van der Waals surface area contributed by atoms with Crippen LogP contribution < -0.4 is 5.32 Å². The van der Waals surface area contributed by atoms with Gasteiger partial charge >= 0.3 is 0 Å². The maximum absolute atomic E-state index is 11.4. The number of carbonyl (C=O) groups excluding carboxylic acids is 2. The molecular formula is C10H4INO2S. The van der Waals surface area contributed by atoms with Crippen molar-refractivity contribution in [2.24, 2.45) is 0 Å². The summed E-state index contributed by atoms with van der Waals surface area (Å²) in [4.78, 5) is 22.5. The van der Waals surface area contributed by atoms with Crippen LogP contribution in [0.4, 0.5) is 5.69 Å². The quantitative estimate of drug-likeness (QED) is 0.451. The summed E-state index contributed by atoms with van der Waals surface area (Å²) in [6, 6.07) is 5.12. The summed E-state index contributed by atoms with van der Waals surface area (Å²) in [6.45, 7) is 0. The highest BCUT2D eigenvalue weighted by Gasteiger charge is 2.29. The minimum Gasteiger partial charge on any atom is -0.317 e. The third-order valence-electron chi connectivity index (χ3n) is 1.98. The van der Waals surface area contributed by atoms with Gasteiger partial charge in [0.15, 0.2) is 0 Å². The van der Waals surface area contributed by atoms with Gasteiger partial charge in [-0.25, -0.2) is 0 Å². The van der Waals surface area contributed by atoms with Crippen molar-refractivity contribution in [3.63, 3.8) is 0 Å². The molecule has 2 rings (SSSR count). The average molecular weight is 329 g/mol. The van der Waals surface area contributed by atoms with Crippen molar-refractivity contribution in [3.05, 3.63) is 29.3 Å². The van der Waals surface area contributed by atoms with E-state index in [1.807, 2.05) is 0 Å². The van der Waals surface area contributed by atoms with Gasteiger partial charge < -0.3 is 5.32 Å². The molecule has 1 heterocycles. The van der Waals surface area contributed by atoms with Crippen molar-refractivity contribution < 1.29 is 9.59 Å². The lowest BCUT2D eigenvalue weighted by molar-refractivity contribution is -0.112. The third-order valence-corrected chi connectivity index (χ3v) is 2.82. The van der Waals surface area contributed by atoms with E-state index in [4.69, 9.17) is 0 Å². The Balaban J connectivity index is 2.54. The Morgan fingerprint density at radius 1 is 1.33 bits per heavy atom. The number of hydrogen-bond donors (Lipinski definition) is 1. The van der Waals surface area contributed by atoms with E-state index in [2.05, 4.69) is 37.7 Å². The second kappa shape index (κ2) is 4.24. The van der Waals surface area contributed by atoms with Crippen molar-refractivity contribution in [2.75, 3.05) is 5.32 Å². The standard InChI is InChI=1S/C10H4INO2S/c11-15-5-4-6-2-1-3-7-8(6)12-10(14)9(7)13/h1-3H,(H,12,13,14). The SMILES string of the molecule is O=C1Nc2c(C#CSI)cccc2C1=O. The van der Waals surface area contributed by atoms with E-state index in [-0.39, 0.29) is 0 Å². The number of ketones is 1. The molecule has 0 atom stereocenters. The minimum absolute atomic E-state index is 0.408. The van der Waals surface area contributed by atoms with Crippen LogP contribution in [0.25, 0.3) is 0 Å². The number of nitrogens with one attached hydrogen (secondary N) is 1. The average Bonchev–Trinajstić information content (AvgIpc) is 2.53. The molecule has 1 aromatic carbocycles. The molecule has 1 aliphatic rings. The topological polar surface area (TPSA) is 46.2 Å². The fourth-order valence-electron chi connectivity index (χ4n) is 1.35. The maximum atomic E-state index is 11.4. The first kappa shape index (κ1) is 10.5. The second-order valence-electron chi connectivity index (χ2n) is 2.82. The molecule has 0 saturated carbocycles. The van der Waals surface area contributed by atoms with Gasteiger partial charge in [0.25, 0.3) is 11.7 Å². The van der Waals surface area contributed by atoms with Gasteiger partial charge in [0.2, 0.25) is 0 Å². The van der Waals surface area contributed by atoms with Crippen molar-refractivity contribution in [2.45, 2.75) is 0 Å². The van der Waals surface area contributed by atoms with Crippen LogP contribution >= 0.6 is 30.1 Å². The lowest BCUT2D eigenvalue weighted by Gasteiger charge is -1.99. The molecule has 1 N–H and O–H groups in total. The zero-order chi connectivity index (χ0) is 10.8. The van der Waals surface area contributed by atoms with E-state index in [9.17, 15) is 9.59 Å². The first-order chi connectivity index (χ1) is 7.24. The lowest BCUT2D eigenvalue weighted by atomic mass is 10.1. The number of amides is 1. The normalized spacial score (nSPS) is 12.9. The minimum atomic E-state index is -0.582. The van der Waals surface area contributed by atoms with Gasteiger partial charge in [-0.15, -0.1) is 0 Å². The van der Waals surface area contributed by atoms with Crippen LogP contribution in [0.2, 0.25) is 0 Å². The lowest BCUT2D eigenvalue weighted by Crippen LogP contribution is -2.12. The second-order valence-corrected chi connectivity index (χ2v) is 4.50. The highest BCUT2D eigenvalue weighted by molar-refractivity contribution is 14.2. The number of rotatable bonds is 0. The van der Waals surface area contributed by atoms with Gasteiger partial charge in [0.1, 0.15) is 0 Å². The molecule has 0 bridgehead atoms. The summed E-state index contributed by atoms with van der Waals surface area (Å²) in [6.07, 6.45) is 0. The first-order valence-electron chi connectivity index (χ1n) is 4.01. The molecule has 3 nitrogen and oxygen atoms in total. The van der Waals surface area contributed by atoms with Crippen LogP contribution in [0, 0.1) is 11.2 Å². The van der Waals surface area contributed by atoms with Crippen molar-refractivity contribution in [1.29, 1.82) is 0 Å². The molecule has 1 amide bonds. The molecule has 74 valence electrons. The molecule has 5 heteroatoms. The van der Waals surface area contributed by atoms with E-state index in [0.29, 0.717) is 16.8 Å². The Labute approximate surface area is 103 Å². The van der Waals surface area contributed by atoms with Gasteiger partial charge in [0, 0.05) is 26.8 Å². The summed E-state index contributed by atoms with van der Waals surface area (Å²) in [7, 11) is 1.35. The summed E-state index contributed by atoms with van der Waals surface area (Å²) >= 11 is 2.06. The van der Waals surface area contributed by atoms with Gasteiger partial charge in [-0.2, -0.15) is 0 Å². The van der Waals surface area contributed by atoms with Crippen LogP contribution in [0.5, 0.6) is 0 Å². The van der Waals surface area contributed by atoms with Crippen LogP contribution in [0.1, 0.15) is 15.9 Å². The molecular weight excluding hydrogens is 325 g/mol. The highest BCUT2D eigenvalue weighted by Crippen LogP contribution is 2.26. The van der Waals surface area contributed by atoms with Crippen LogP contribution in [-0.4, -0.2) is 11.7 Å². The molecule has 0 radical (unpaired) electrons. The largest absolute Gasteiger partial charge is 0.317 e. The van der Waals surface area contributed by atoms with E-state index < -0.39 is 11.7 Å².